The van der Waals surface area contributed by atoms with E-state index in [1.807, 2.05) is 54.6 Å². The van der Waals surface area contributed by atoms with Gasteiger partial charge in [0.25, 0.3) is 0 Å². The molecule has 3 aromatic rings. The van der Waals surface area contributed by atoms with Crippen molar-refractivity contribution in [3.8, 4) is 0 Å². The molecule has 0 spiro atoms. The molecule has 4 nitrogen and oxygen atoms in total. The second-order valence-electron chi connectivity index (χ2n) is 5.13. The zero-order chi connectivity index (χ0) is 15.5. The summed E-state index contributed by atoms with van der Waals surface area (Å²) >= 11 is 0. The topological polar surface area (TPSA) is 66.8 Å². The van der Waals surface area contributed by atoms with Crippen LogP contribution in [0.4, 0.5) is 0 Å². The molecule has 0 aliphatic carbocycles. The first-order valence-corrected chi connectivity index (χ1v) is 7.07. The van der Waals surface area contributed by atoms with Crippen molar-refractivity contribution in [1.29, 1.82) is 0 Å². The Hall–Kier alpha value is -2.43. The predicted molar refractivity (Wildman–Crippen MR) is 84.8 cm³/mol. The molecule has 0 saturated heterocycles. The number of hydrogen-bond acceptors (Lipinski definition) is 4. The third kappa shape index (κ3) is 2.66. The Morgan fingerprint density at radius 3 is 2.09 bits per heavy atom. The van der Waals surface area contributed by atoms with Gasteiger partial charge in [0.1, 0.15) is 12.7 Å². The van der Waals surface area contributed by atoms with Gasteiger partial charge < -0.3 is 14.9 Å². The molecule has 0 radical (unpaired) electrons. The van der Waals surface area contributed by atoms with Crippen molar-refractivity contribution in [3.63, 3.8) is 0 Å². The zero-order valence-electron chi connectivity index (χ0n) is 11.9. The number of rotatable bonds is 4. The molecule has 0 aromatic heterocycles. The van der Waals surface area contributed by atoms with E-state index in [1.165, 1.54) is 0 Å². The van der Waals surface area contributed by atoms with Gasteiger partial charge in [-0.3, -0.25) is 0 Å². The minimum atomic E-state index is -1.06. The first-order valence-electron chi connectivity index (χ1n) is 7.07. The van der Waals surface area contributed by atoms with Crippen LogP contribution in [0, 0.1) is 0 Å². The summed E-state index contributed by atoms with van der Waals surface area (Å²) in [4.78, 5) is 12.5. The Labute approximate surface area is 127 Å². The van der Waals surface area contributed by atoms with Crippen LogP contribution in [0.25, 0.3) is 21.5 Å². The van der Waals surface area contributed by atoms with E-state index in [9.17, 15) is 9.90 Å². The van der Waals surface area contributed by atoms with Crippen LogP contribution >= 0.6 is 0 Å². The van der Waals surface area contributed by atoms with Gasteiger partial charge in [0.2, 0.25) is 0 Å². The lowest BCUT2D eigenvalue weighted by Crippen LogP contribution is -2.22. The molecule has 0 saturated carbocycles. The van der Waals surface area contributed by atoms with E-state index in [-0.39, 0.29) is 6.61 Å². The third-order valence-electron chi connectivity index (χ3n) is 3.59. The van der Waals surface area contributed by atoms with Gasteiger partial charge in [0.05, 0.1) is 12.2 Å². The molecule has 3 rings (SSSR count). The fourth-order valence-corrected chi connectivity index (χ4v) is 2.53. The lowest BCUT2D eigenvalue weighted by Gasteiger charge is -2.12. The number of esters is 1. The number of aliphatic hydroxyl groups is 2. The first kappa shape index (κ1) is 14.5. The summed E-state index contributed by atoms with van der Waals surface area (Å²) in [5, 5.41) is 21.7. The first-order chi connectivity index (χ1) is 10.7. The van der Waals surface area contributed by atoms with Crippen molar-refractivity contribution < 1.29 is 19.7 Å². The molecule has 0 aliphatic heterocycles. The highest BCUT2D eigenvalue weighted by atomic mass is 16.5. The van der Waals surface area contributed by atoms with Crippen molar-refractivity contribution in [2.75, 3.05) is 13.2 Å². The molecule has 0 heterocycles. The molecular formula is C18H16O4. The molecule has 0 bridgehead atoms. The van der Waals surface area contributed by atoms with Crippen LogP contribution in [0.2, 0.25) is 0 Å². The van der Waals surface area contributed by atoms with E-state index < -0.39 is 18.7 Å². The Bertz CT molecular complexity index is 772. The smallest absolute Gasteiger partial charge is 0.339 e. The number of benzene rings is 3. The normalized spacial score (nSPS) is 12.5. The van der Waals surface area contributed by atoms with Gasteiger partial charge in [-0.05, 0) is 27.6 Å². The van der Waals surface area contributed by atoms with E-state index in [0.717, 1.165) is 21.5 Å². The fourth-order valence-electron chi connectivity index (χ4n) is 2.53. The Kier molecular flexibility index (Phi) is 4.04. The van der Waals surface area contributed by atoms with Crippen molar-refractivity contribution in [1.82, 2.24) is 0 Å². The highest BCUT2D eigenvalue weighted by Crippen LogP contribution is 2.29. The minimum Gasteiger partial charge on any atom is -0.459 e. The van der Waals surface area contributed by atoms with Crippen LogP contribution < -0.4 is 0 Å². The highest BCUT2D eigenvalue weighted by Gasteiger charge is 2.17. The lowest BCUT2D eigenvalue weighted by molar-refractivity contribution is 0.00963. The van der Waals surface area contributed by atoms with E-state index in [4.69, 9.17) is 9.84 Å². The SMILES string of the molecule is O=C(OCC(O)CO)c1c2ccccc2cc2ccccc12. The standard InChI is InChI=1S/C18H16O4/c19-10-14(20)11-22-18(21)17-15-7-3-1-5-12(15)9-13-6-2-4-8-16(13)17/h1-9,14,19-20H,10-11H2. The average Bonchev–Trinajstić information content (AvgIpc) is 2.57. The Morgan fingerprint density at radius 1 is 1.00 bits per heavy atom. The molecule has 1 unspecified atom stereocenters. The van der Waals surface area contributed by atoms with E-state index >= 15 is 0 Å². The van der Waals surface area contributed by atoms with Crippen molar-refractivity contribution in [3.05, 3.63) is 60.2 Å². The molecule has 0 fully saturated rings. The zero-order valence-corrected chi connectivity index (χ0v) is 11.9. The van der Waals surface area contributed by atoms with Crippen molar-refractivity contribution >= 4 is 27.5 Å². The summed E-state index contributed by atoms with van der Waals surface area (Å²) in [6, 6.07) is 17.3. The van der Waals surface area contributed by atoms with Gasteiger partial charge in [-0.1, -0.05) is 48.5 Å². The molecule has 3 aromatic carbocycles. The van der Waals surface area contributed by atoms with Crippen LogP contribution in [0.3, 0.4) is 0 Å². The van der Waals surface area contributed by atoms with Gasteiger partial charge in [-0.2, -0.15) is 0 Å². The molecule has 112 valence electrons. The number of fused-ring (bicyclic) bond motifs is 2. The summed E-state index contributed by atoms with van der Waals surface area (Å²) < 4.78 is 5.15. The number of hydrogen-bond donors (Lipinski definition) is 2. The molecule has 1 atom stereocenters. The summed E-state index contributed by atoms with van der Waals surface area (Å²) in [7, 11) is 0. The second-order valence-corrected chi connectivity index (χ2v) is 5.13. The Balaban J connectivity index is 2.13. The number of aliphatic hydroxyl groups excluding tert-OH is 2. The van der Waals surface area contributed by atoms with E-state index in [2.05, 4.69) is 0 Å². The number of carbonyl (C=O) groups excluding carboxylic acids is 1. The minimum absolute atomic E-state index is 0.229. The predicted octanol–water partition coefficient (Wildman–Crippen LogP) is 2.50. The average molecular weight is 296 g/mol. The van der Waals surface area contributed by atoms with Crippen molar-refractivity contribution in [2.45, 2.75) is 6.10 Å². The second kappa shape index (κ2) is 6.13. The summed E-state index contributed by atoms with van der Waals surface area (Å²) in [5.41, 5.74) is 0.485. The van der Waals surface area contributed by atoms with Crippen LogP contribution in [0.1, 0.15) is 10.4 Å². The molecule has 0 aliphatic rings. The van der Waals surface area contributed by atoms with Gasteiger partial charge in [-0.15, -0.1) is 0 Å². The summed E-state index contributed by atoms with van der Waals surface area (Å²) in [5.74, 6) is -0.500. The van der Waals surface area contributed by atoms with Crippen LogP contribution in [0.15, 0.2) is 54.6 Å². The Morgan fingerprint density at radius 2 is 1.55 bits per heavy atom. The summed E-state index contributed by atoms with van der Waals surface area (Å²) in [6.07, 6.45) is -1.06. The lowest BCUT2D eigenvalue weighted by atomic mass is 9.97. The maximum atomic E-state index is 12.5. The van der Waals surface area contributed by atoms with Crippen LogP contribution in [-0.2, 0) is 4.74 Å². The van der Waals surface area contributed by atoms with Crippen LogP contribution in [-0.4, -0.2) is 35.5 Å². The largest absolute Gasteiger partial charge is 0.459 e. The number of ether oxygens (including phenoxy) is 1. The van der Waals surface area contributed by atoms with Gasteiger partial charge in [0, 0.05) is 0 Å². The van der Waals surface area contributed by atoms with E-state index in [1.54, 1.807) is 0 Å². The fraction of sp³-hybridized carbons (Fsp3) is 0.167. The summed E-state index contributed by atoms with van der Waals surface area (Å²) in [6.45, 7) is -0.670. The quantitative estimate of drug-likeness (QED) is 0.573. The van der Waals surface area contributed by atoms with Gasteiger partial charge in [0.15, 0.2) is 0 Å². The van der Waals surface area contributed by atoms with E-state index in [0.29, 0.717) is 5.56 Å². The molecular weight excluding hydrogens is 280 g/mol. The third-order valence-corrected chi connectivity index (χ3v) is 3.59. The molecule has 22 heavy (non-hydrogen) atoms. The molecule has 4 heteroatoms. The van der Waals surface area contributed by atoms with Gasteiger partial charge >= 0.3 is 5.97 Å². The molecule has 0 amide bonds. The molecule has 2 N–H and O–H groups in total. The van der Waals surface area contributed by atoms with Crippen LogP contribution in [0.5, 0.6) is 0 Å². The monoisotopic (exact) mass is 296 g/mol. The maximum Gasteiger partial charge on any atom is 0.339 e. The van der Waals surface area contributed by atoms with Gasteiger partial charge in [-0.25, -0.2) is 4.79 Å². The number of carbonyl (C=O) groups is 1. The van der Waals surface area contributed by atoms with Crippen molar-refractivity contribution in [2.24, 2.45) is 0 Å². The maximum absolute atomic E-state index is 12.5. The highest BCUT2D eigenvalue weighted by molar-refractivity contribution is 6.16.